The van der Waals surface area contributed by atoms with Crippen LogP contribution in [0.3, 0.4) is 0 Å². The lowest BCUT2D eigenvalue weighted by molar-refractivity contribution is -0.116. The van der Waals surface area contributed by atoms with E-state index in [9.17, 15) is 13.2 Å². The third-order valence-corrected chi connectivity index (χ3v) is 5.81. The van der Waals surface area contributed by atoms with Gasteiger partial charge in [0.1, 0.15) is 5.75 Å². The molecule has 0 spiro atoms. The average Bonchev–Trinajstić information content (AvgIpc) is 2.67. The van der Waals surface area contributed by atoms with Gasteiger partial charge in [-0.15, -0.1) is 0 Å². The predicted molar refractivity (Wildman–Crippen MR) is 81.4 cm³/mol. The zero-order chi connectivity index (χ0) is 15.7. The highest BCUT2D eigenvalue weighted by atomic mass is 32.2. The van der Waals surface area contributed by atoms with Gasteiger partial charge in [0.15, 0.2) is 0 Å². The van der Waals surface area contributed by atoms with E-state index in [1.807, 2.05) is 7.05 Å². The van der Waals surface area contributed by atoms with Crippen molar-refractivity contribution in [2.24, 2.45) is 0 Å². The molecule has 8 heteroatoms. The number of fused-ring (bicyclic) bond motifs is 1. The summed E-state index contributed by atoms with van der Waals surface area (Å²) in [5.41, 5.74) is 0.415. The number of nitrogens with zero attached hydrogens (tertiary/aromatic N) is 2. The summed E-state index contributed by atoms with van der Waals surface area (Å²) in [6.45, 7) is 2.66. The molecule has 0 saturated carbocycles. The maximum absolute atomic E-state index is 12.7. The van der Waals surface area contributed by atoms with Crippen molar-refractivity contribution in [1.82, 2.24) is 9.21 Å². The Bertz CT molecular complexity index is 681. The summed E-state index contributed by atoms with van der Waals surface area (Å²) in [5, 5.41) is 2.69. The maximum atomic E-state index is 12.7. The number of hydrogen-bond acceptors (Lipinski definition) is 5. The third kappa shape index (κ3) is 2.94. The number of carbonyl (C=O) groups excluding carboxylic acids is 1. The molecule has 3 rings (SSSR count). The molecular formula is C14H19N3O4S. The molecule has 0 atom stereocenters. The van der Waals surface area contributed by atoms with E-state index in [0.717, 1.165) is 0 Å². The number of sulfonamides is 1. The molecule has 0 bridgehead atoms. The van der Waals surface area contributed by atoms with E-state index in [1.54, 1.807) is 6.07 Å². The van der Waals surface area contributed by atoms with Crippen LogP contribution in [-0.2, 0) is 14.8 Å². The van der Waals surface area contributed by atoms with Crippen LogP contribution in [-0.4, -0.2) is 63.4 Å². The summed E-state index contributed by atoms with van der Waals surface area (Å²) in [7, 11) is -1.58. The van der Waals surface area contributed by atoms with Gasteiger partial charge in [-0.05, 0) is 25.2 Å². The summed E-state index contributed by atoms with van der Waals surface area (Å²) in [6, 6.07) is 4.61. The number of carbonyl (C=O) groups is 1. The van der Waals surface area contributed by atoms with Crippen molar-refractivity contribution in [1.29, 1.82) is 0 Å². The largest absolute Gasteiger partial charge is 0.491 e. The van der Waals surface area contributed by atoms with Gasteiger partial charge in [0.05, 0.1) is 23.6 Å². The van der Waals surface area contributed by atoms with E-state index in [2.05, 4.69) is 10.2 Å². The number of piperazine rings is 1. The zero-order valence-electron chi connectivity index (χ0n) is 12.4. The molecule has 1 N–H and O–H groups in total. The number of likely N-dealkylation sites (N-methyl/N-ethyl adjacent to an activating group) is 1. The smallest absolute Gasteiger partial charge is 0.243 e. The van der Waals surface area contributed by atoms with Crippen LogP contribution >= 0.6 is 0 Å². The van der Waals surface area contributed by atoms with Crippen LogP contribution in [0, 0.1) is 0 Å². The lowest BCUT2D eigenvalue weighted by Gasteiger charge is -2.31. The van der Waals surface area contributed by atoms with Crippen LogP contribution in [0.15, 0.2) is 23.1 Å². The Kier molecular flexibility index (Phi) is 4.07. The summed E-state index contributed by atoms with van der Waals surface area (Å²) in [4.78, 5) is 13.9. The fourth-order valence-electron chi connectivity index (χ4n) is 2.54. The van der Waals surface area contributed by atoms with Crippen LogP contribution in [0.2, 0.25) is 0 Å². The van der Waals surface area contributed by atoms with E-state index in [1.165, 1.54) is 16.4 Å². The SMILES string of the molecule is CN1CCN(S(=O)(=O)c2ccc3c(c2)NC(=O)CCO3)CC1. The van der Waals surface area contributed by atoms with Crippen LogP contribution in [0.1, 0.15) is 6.42 Å². The molecule has 2 heterocycles. The van der Waals surface area contributed by atoms with Gasteiger partial charge in [-0.1, -0.05) is 0 Å². The van der Waals surface area contributed by atoms with Crippen molar-refractivity contribution in [3.63, 3.8) is 0 Å². The Balaban J connectivity index is 1.90. The number of nitrogens with one attached hydrogen (secondary N) is 1. The number of amides is 1. The van der Waals surface area contributed by atoms with Crippen LogP contribution in [0.5, 0.6) is 5.75 Å². The molecule has 2 aliphatic rings. The minimum absolute atomic E-state index is 0.173. The summed E-state index contributed by atoms with van der Waals surface area (Å²) < 4.78 is 32.3. The van der Waals surface area contributed by atoms with Crippen molar-refractivity contribution in [2.75, 3.05) is 45.2 Å². The summed E-state index contributed by atoms with van der Waals surface area (Å²) in [6.07, 6.45) is 0.259. The second kappa shape index (κ2) is 5.86. The van der Waals surface area contributed by atoms with E-state index in [-0.39, 0.29) is 17.2 Å². The molecule has 1 aromatic carbocycles. The Morgan fingerprint density at radius 2 is 1.91 bits per heavy atom. The average molecular weight is 325 g/mol. The second-order valence-electron chi connectivity index (χ2n) is 5.51. The molecule has 22 heavy (non-hydrogen) atoms. The van der Waals surface area contributed by atoms with Crippen LogP contribution < -0.4 is 10.1 Å². The van der Waals surface area contributed by atoms with E-state index >= 15 is 0 Å². The zero-order valence-corrected chi connectivity index (χ0v) is 13.2. The van der Waals surface area contributed by atoms with Gasteiger partial charge in [0.25, 0.3) is 0 Å². The molecule has 0 radical (unpaired) electrons. The maximum Gasteiger partial charge on any atom is 0.243 e. The topological polar surface area (TPSA) is 79.0 Å². The van der Waals surface area contributed by atoms with Gasteiger partial charge >= 0.3 is 0 Å². The Hall–Kier alpha value is -1.64. The van der Waals surface area contributed by atoms with Gasteiger partial charge < -0.3 is 15.0 Å². The predicted octanol–water partition coefficient (Wildman–Crippen LogP) is 0.344. The highest BCUT2D eigenvalue weighted by Crippen LogP contribution is 2.31. The van der Waals surface area contributed by atoms with Crippen molar-refractivity contribution in [3.8, 4) is 5.75 Å². The second-order valence-corrected chi connectivity index (χ2v) is 7.45. The highest BCUT2D eigenvalue weighted by molar-refractivity contribution is 7.89. The normalized spacial score (nSPS) is 20.7. The molecule has 0 aromatic heterocycles. The van der Waals surface area contributed by atoms with E-state index in [0.29, 0.717) is 44.2 Å². The van der Waals surface area contributed by atoms with Gasteiger partial charge in [-0.3, -0.25) is 4.79 Å². The van der Waals surface area contributed by atoms with Crippen molar-refractivity contribution < 1.29 is 17.9 Å². The first kappa shape index (κ1) is 15.3. The molecule has 1 fully saturated rings. The first-order valence-electron chi connectivity index (χ1n) is 7.22. The molecule has 0 aliphatic carbocycles. The Labute approximate surface area is 129 Å². The number of benzene rings is 1. The molecular weight excluding hydrogens is 306 g/mol. The lowest BCUT2D eigenvalue weighted by Crippen LogP contribution is -2.47. The molecule has 2 aliphatic heterocycles. The summed E-state index contributed by atoms with van der Waals surface area (Å²) >= 11 is 0. The van der Waals surface area contributed by atoms with Gasteiger partial charge in [0.2, 0.25) is 15.9 Å². The Morgan fingerprint density at radius 3 is 2.64 bits per heavy atom. The Morgan fingerprint density at radius 1 is 1.18 bits per heavy atom. The minimum Gasteiger partial charge on any atom is -0.491 e. The third-order valence-electron chi connectivity index (χ3n) is 3.91. The number of anilines is 1. The lowest BCUT2D eigenvalue weighted by atomic mass is 10.3. The van der Waals surface area contributed by atoms with Crippen LogP contribution in [0.4, 0.5) is 5.69 Å². The van der Waals surface area contributed by atoms with Crippen molar-refractivity contribution in [3.05, 3.63) is 18.2 Å². The van der Waals surface area contributed by atoms with Gasteiger partial charge in [0, 0.05) is 26.2 Å². The number of rotatable bonds is 2. The van der Waals surface area contributed by atoms with Crippen molar-refractivity contribution >= 4 is 21.6 Å². The number of ether oxygens (including phenoxy) is 1. The minimum atomic E-state index is -3.55. The first-order chi connectivity index (χ1) is 10.5. The van der Waals surface area contributed by atoms with Crippen LogP contribution in [0.25, 0.3) is 0 Å². The van der Waals surface area contributed by atoms with Gasteiger partial charge in [-0.25, -0.2) is 8.42 Å². The highest BCUT2D eigenvalue weighted by Gasteiger charge is 2.28. The fourth-order valence-corrected chi connectivity index (χ4v) is 3.99. The van der Waals surface area contributed by atoms with Gasteiger partial charge in [-0.2, -0.15) is 4.31 Å². The number of hydrogen-bond donors (Lipinski definition) is 1. The van der Waals surface area contributed by atoms with E-state index in [4.69, 9.17) is 4.74 Å². The fraction of sp³-hybridized carbons (Fsp3) is 0.500. The molecule has 0 unspecified atom stereocenters. The van der Waals surface area contributed by atoms with Crippen molar-refractivity contribution in [2.45, 2.75) is 11.3 Å². The molecule has 1 amide bonds. The molecule has 1 saturated heterocycles. The first-order valence-corrected chi connectivity index (χ1v) is 8.66. The molecule has 120 valence electrons. The molecule has 1 aromatic rings. The monoisotopic (exact) mass is 325 g/mol. The summed E-state index contributed by atoms with van der Waals surface area (Å²) in [5.74, 6) is 0.330. The standard InChI is InChI=1S/C14H19N3O4S/c1-16-5-7-17(8-6-16)22(19,20)11-2-3-13-12(10-11)15-14(18)4-9-21-13/h2-3,10H,4-9H2,1H3,(H,15,18). The quantitative estimate of drug-likeness (QED) is 0.848. The van der Waals surface area contributed by atoms with E-state index < -0.39 is 10.0 Å². The molecule has 7 nitrogen and oxygen atoms in total.